The third kappa shape index (κ3) is 7.26. The zero-order valence-electron chi connectivity index (χ0n) is 24.1. The van der Waals surface area contributed by atoms with Gasteiger partial charge in [0.25, 0.3) is 0 Å². The summed E-state index contributed by atoms with van der Waals surface area (Å²) in [7, 11) is 7.57. The fourth-order valence-corrected chi connectivity index (χ4v) is 5.13. The van der Waals surface area contributed by atoms with Crippen LogP contribution in [0.5, 0.6) is 5.75 Å². The van der Waals surface area contributed by atoms with Gasteiger partial charge in [-0.05, 0) is 59.3 Å². The average Bonchev–Trinajstić information content (AvgIpc) is 3.16. The Bertz CT molecular complexity index is 1120. The van der Waals surface area contributed by atoms with Crippen LogP contribution in [0.4, 0.5) is 11.8 Å². The van der Waals surface area contributed by atoms with E-state index in [1.54, 1.807) is 14.2 Å². The van der Waals surface area contributed by atoms with E-state index in [9.17, 15) is 0 Å². The number of fused-ring (bicyclic) bond motifs is 1. The van der Waals surface area contributed by atoms with Crippen molar-refractivity contribution < 1.29 is 9.57 Å². The Labute approximate surface area is 228 Å². The number of nitrogens with zero attached hydrogens (tertiary/aromatic N) is 6. The van der Waals surface area contributed by atoms with Gasteiger partial charge in [0, 0.05) is 69.7 Å². The van der Waals surface area contributed by atoms with Crippen LogP contribution in [-0.4, -0.2) is 111 Å². The first kappa shape index (κ1) is 28.4. The highest BCUT2D eigenvalue weighted by atomic mass is 16.7. The fourth-order valence-electron chi connectivity index (χ4n) is 5.13. The molecule has 2 aromatic rings. The summed E-state index contributed by atoms with van der Waals surface area (Å²) in [6.45, 7) is 11.1. The molecule has 0 radical (unpaired) electrons. The molecule has 0 saturated carbocycles. The number of rotatable bonds is 8. The number of anilines is 2. The number of benzene rings is 1. The number of methoxy groups -OCH3 is 1. The first-order valence-corrected chi connectivity index (χ1v) is 14.0. The second-order valence-electron chi connectivity index (χ2n) is 10.8. The van der Waals surface area contributed by atoms with Gasteiger partial charge in [0.2, 0.25) is 5.95 Å². The molecule has 1 aromatic carbocycles. The normalized spacial score (nSPS) is 18.1. The molecule has 2 saturated heterocycles. The smallest absolute Gasteiger partial charge is 0.227 e. The molecule has 0 spiro atoms. The summed E-state index contributed by atoms with van der Waals surface area (Å²) in [5.74, 6) is 9.02. The lowest BCUT2D eigenvalue weighted by molar-refractivity contribution is -0.125. The molecule has 0 amide bonds. The van der Waals surface area contributed by atoms with Crippen LogP contribution >= 0.6 is 0 Å². The maximum absolute atomic E-state index is 5.77. The first-order valence-electron chi connectivity index (χ1n) is 14.0. The van der Waals surface area contributed by atoms with E-state index in [-0.39, 0.29) is 0 Å². The third-order valence-electron chi connectivity index (χ3n) is 7.51. The Kier molecular flexibility index (Phi) is 10.0. The molecule has 0 aliphatic carbocycles. The van der Waals surface area contributed by atoms with Crippen LogP contribution in [0.25, 0.3) is 10.9 Å². The molecule has 38 heavy (non-hydrogen) atoms. The number of likely N-dealkylation sites (tertiary alicyclic amines) is 1. The van der Waals surface area contributed by atoms with Crippen molar-refractivity contribution in [1.29, 1.82) is 0 Å². The molecule has 2 aliphatic rings. The average molecular weight is 524 g/mol. The summed E-state index contributed by atoms with van der Waals surface area (Å²) < 4.78 is 5.77. The Balaban J connectivity index is 1.68. The topological polar surface area (TPSA) is 69.2 Å². The minimum atomic E-state index is 0.376. The molecule has 0 unspecified atom stereocenters. The molecule has 3 heterocycles. The predicted molar refractivity (Wildman–Crippen MR) is 155 cm³/mol. The van der Waals surface area contributed by atoms with E-state index in [2.05, 4.69) is 71.9 Å². The monoisotopic (exact) mass is 523 g/mol. The second-order valence-corrected chi connectivity index (χ2v) is 10.8. The van der Waals surface area contributed by atoms with Crippen molar-refractivity contribution in [3.05, 3.63) is 17.7 Å². The summed E-state index contributed by atoms with van der Waals surface area (Å²) in [5, 5.41) is 6.78. The maximum Gasteiger partial charge on any atom is 0.227 e. The predicted octanol–water partition coefficient (Wildman–Crippen LogP) is 3.30. The highest BCUT2D eigenvalue weighted by Crippen LogP contribution is 2.32. The van der Waals surface area contributed by atoms with Crippen molar-refractivity contribution in [2.75, 3.05) is 84.3 Å². The maximum atomic E-state index is 5.77. The van der Waals surface area contributed by atoms with Crippen LogP contribution in [0.3, 0.4) is 0 Å². The Hall–Kier alpha value is -2.64. The van der Waals surface area contributed by atoms with Gasteiger partial charge < -0.3 is 29.6 Å². The third-order valence-corrected chi connectivity index (χ3v) is 7.51. The molecule has 2 fully saturated rings. The quantitative estimate of drug-likeness (QED) is 0.525. The molecule has 0 bridgehead atoms. The van der Waals surface area contributed by atoms with Crippen molar-refractivity contribution in [2.24, 2.45) is 0 Å². The molecule has 208 valence electrons. The highest BCUT2D eigenvalue weighted by Gasteiger charge is 2.24. The van der Waals surface area contributed by atoms with Crippen LogP contribution in [0.15, 0.2) is 12.1 Å². The Morgan fingerprint density at radius 3 is 2.53 bits per heavy atom. The number of hydrogen-bond donors (Lipinski definition) is 1. The molecule has 9 heteroatoms. The molecule has 1 aromatic heterocycles. The van der Waals surface area contributed by atoms with Crippen LogP contribution in [0.2, 0.25) is 0 Å². The highest BCUT2D eigenvalue weighted by molar-refractivity contribution is 5.93. The SMILES string of the molecule is COc1cc2c(NC3CCN(C(C)C)CC3)nc(N3CCCN(OC)CC3)nc2cc1C#CCCN(C)C. The van der Waals surface area contributed by atoms with E-state index >= 15 is 0 Å². The van der Waals surface area contributed by atoms with E-state index in [0.717, 1.165) is 105 Å². The van der Waals surface area contributed by atoms with Gasteiger partial charge in [0.1, 0.15) is 11.6 Å². The number of nitrogens with one attached hydrogen (secondary N) is 1. The fraction of sp³-hybridized carbons (Fsp3) is 0.655. The van der Waals surface area contributed by atoms with Crippen molar-refractivity contribution in [3.8, 4) is 17.6 Å². The molecule has 9 nitrogen and oxygen atoms in total. The minimum Gasteiger partial charge on any atom is -0.495 e. The zero-order valence-corrected chi connectivity index (χ0v) is 24.1. The van der Waals surface area contributed by atoms with Crippen molar-refractivity contribution in [1.82, 2.24) is 24.8 Å². The number of hydroxylamine groups is 2. The van der Waals surface area contributed by atoms with Gasteiger partial charge in [0.15, 0.2) is 0 Å². The molecule has 1 N–H and O–H groups in total. The van der Waals surface area contributed by atoms with Gasteiger partial charge in [-0.3, -0.25) is 0 Å². The Morgan fingerprint density at radius 2 is 1.84 bits per heavy atom. The summed E-state index contributed by atoms with van der Waals surface area (Å²) in [6, 6.07) is 5.07. The van der Waals surface area contributed by atoms with Crippen molar-refractivity contribution in [3.63, 3.8) is 0 Å². The molecule has 4 rings (SSSR count). The summed E-state index contributed by atoms with van der Waals surface area (Å²) in [5.41, 5.74) is 1.75. The van der Waals surface area contributed by atoms with Crippen LogP contribution in [0, 0.1) is 11.8 Å². The molecule has 2 aliphatic heterocycles. The van der Waals surface area contributed by atoms with E-state index in [1.165, 1.54) is 0 Å². The lowest BCUT2D eigenvalue weighted by Gasteiger charge is -2.35. The van der Waals surface area contributed by atoms with Gasteiger partial charge in [-0.25, -0.2) is 4.98 Å². The summed E-state index contributed by atoms with van der Waals surface area (Å²) in [6.07, 6.45) is 3.99. The molecular formula is C29H45N7O2. The van der Waals surface area contributed by atoms with E-state index in [0.29, 0.717) is 12.1 Å². The van der Waals surface area contributed by atoms with Crippen molar-refractivity contribution >= 4 is 22.7 Å². The second kappa shape index (κ2) is 13.4. The van der Waals surface area contributed by atoms with Gasteiger partial charge in [-0.15, -0.1) is 0 Å². The zero-order chi connectivity index (χ0) is 27.1. The van der Waals surface area contributed by atoms with Gasteiger partial charge >= 0.3 is 0 Å². The van der Waals surface area contributed by atoms with Crippen LogP contribution in [-0.2, 0) is 4.84 Å². The van der Waals surface area contributed by atoms with E-state index < -0.39 is 0 Å². The lowest BCUT2D eigenvalue weighted by atomic mass is 10.0. The largest absolute Gasteiger partial charge is 0.495 e. The van der Waals surface area contributed by atoms with Gasteiger partial charge in [-0.1, -0.05) is 11.8 Å². The Morgan fingerprint density at radius 1 is 1.05 bits per heavy atom. The van der Waals surface area contributed by atoms with Gasteiger partial charge in [0.05, 0.1) is 25.3 Å². The number of hydrogen-bond acceptors (Lipinski definition) is 9. The lowest BCUT2D eigenvalue weighted by Crippen LogP contribution is -2.42. The number of piperidine rings is 1. The molecular weight excluding hydrogens is 478 g/mol. The first-order chi connectivity index (χ1) is 18.4. The number of ether oxygens (including phenoxy) is 1. The van der Waals surface area contributed by atoms with Crippen molar-refractivity contribution in [2.45, 2.75) is 51.6 Å². The summed E-state index contributed by atoms with van der Waals surface area (Å²) >= 11 is 0. The van der Waals surface area contributed by atoms with Crippen LogP contribution in [0.1, 0.15) is 45.1 Å². The standard InChI is InChI=1S/C29H45N7O2/c1-22(2)34-16-11-24(12-17-34)30-28-25-21-27(37-5)23(10-7-8-13-33(3)4)20-26(25)31-29(32-28)35-14-9-15-36(38-6)19-18-35/h20-22,24H,8-9,11-19H2,1-6H3,(H,30,31,32). The van der Waals surface area contributed by atoms with Crippen LogP contribution < -0.4 is 15.0 Å². The van der Waals surface area contributed by atoms with E-state index in [4.69, 9.17) is 19.5 Å². The van der Waals surface area contributed by atoms with E-state index in [1.807, 2.05) is 5.06 Å². The minimum absolute atomic E-state index is 0.376. The summed E-state index contributed by atoms with van der Waals surface area (Å²) in [4.78, 5) is 22.6. The van der Waals surface area contributed by atoms with Gasteiger partial charge in [-0.2, -0.15) is 10.0 Å². The molecule has 0 atom stereocenters. The number of aromatic nitrogens is 2.